The molecule has 0 saturated carbocycles. The van der Waals surface area contributed by atoms with Gasteiger partial charge in [0.25, 0.3) is 10.1 Å². The van der Waals surface area contributed by atoms with E-state index in [0.717, 1.165) is 6.07 Å². The summed E-state index contributed by atoms with van der Waals surface area (Å²) in [5, 5.41) is 17.2. The fraction of sp³-hybridized carbons (Fsp3) is 0. The van der Waals surface area contributed by atoms with Crippen molar-refractivity contribution < 1.29 is 32.8 Å². The van der Waals surface area contributed by atoms with E-state index in [1.807, 2.05) is 0 Å². The van der Waals surface area contributed by atoms with Crippen LogP contribution in [-0.4, -0.2) is 64.7 Å². The summed E-state index contributed by atoms with van der Waals surface area (Å²) in [5.41, 5.74) is -1.07. The van der Waals surface area contributed by atoms with Gasteiger partial charge >= 0.3 is 11.9 Å². The number of carbonyl (C=O) groups is 2. The van der Waals surface area contributed by atoms with Crippen molar-refractivity contribution in [2.24, 2.45) is 0 Å². The SMILES string of the molecule is O=C(O)c1cc(C(=O)O)cc(S(=O)(=O)O)c1.[Na]. The van der Waals surface area contributed by atoms with Crippen molar-refractivity contribution in [3.63, 3.8) is 0 Å². The van der Waals surface area contributed by atoms with E-state index in [2.05, 4.69) is 0 Å². The molecule has 9 heteroatoms. The van der Waals surface area contributed by atoms with Crippen molar-refractivity contribution in [3.05, 3.63) is 29.3 Å². The zero-order valence-corrected chi connectivity index (χ0v) is 11.4. The normalized spacial score (nSPS) is 10.4. The van der Waals surface area contributed by atoms with E-state index < -0.39 is 38.1 Å². The van der Waals surface area contributed by atoms with Crippen molar-refractivity contribution in [2.45, 2.75) is 4.90 Å². The van der Waals surface area contributed by atoms with Gasteiger partial charge in [-0.25, -0.2) is 9.59 Å². The molecule has 1 rings (SSSR count). The van der Waals surface area contributed by atoms with E-state index in [-0.39, 0.29) is 29.6 Å². The molecule has 0 aliphatic heterocycles. The maximum absolute atomic E-state index is 10.8. The molecule has 0 spiro atoms. The minimum atomic E-state index is -4.64. The fourth-order valence-electron chi connectivity index (χ4n) is 0.995. The van der Waals surface area contributed by atoms with Gasteiger partial charge in [0.1, 0.15) is 0 Å². The van der Waals surface area contributed by atoms with Crippen LogP contribution >= 0.6 is 0 Å². The van der Waals surface area contributed by atoms with Crippen LogP contribution in [0.4, 0.5) is 0 Å². The summed E-state index contributed by atoms with van der Waals surface area (Å²) < 4.78 is 30.2. The van der Waals surface area contributed by atoms with Crippen LogP contribution in [-0.2, 0) is 10.1 Å². The first-order valence-corrected chi connectivity index (χ1v) is 5.25. The second kappa shape index (κ2) is 5.61. The third kappa shape index (κ3) is 4.10. The zero-order valence-electron chi connectivity index (χ0n) is 8.61. The second-order valence-electron chi connectivity index (χ2n) is 2.83. The smallest absolute Gasteiger partial charge is 0.335 e. The number of benzene rings is 1. The Balaban J connectivity index is 0.00000256. The standard InChI is InChI=1S/C8H6O7S.Na/c9-7(10)4-1-5(8(11)12)3-6(2-4)16(13,14)15;/h1-3H,(H,9,10)(H,11,12)(H,13,14,15);. The molecule has 17 heavy (non-hydrogen) atoms. The molecule has 1 aromatic carbocycles. The fourth-order valence-corrected chi connectivity index (χ4v) is 1.55. The molecular weight excluding hydrogens is 263 g/mol. The van der Waals surface area contributed by atoms with Crippen molar-refractivity contribution >= 4 is 51.6 Å². The number of aromatic carboxylic acids is 2. The average molecular weight is 269 g/mol. The molecule has 0 unspecified atom stereocenters. The van der Waals surface area contributed by atoms with Crippen LogP contribution in [0, 0.1) is 0 Å². The minimum absolute atomic E-state index is 0. The molecule has 0 bridgehead atoms. The molecule has 0 atom stereocenters. The molecule has 3 N–H and O–H groups in total. The Labute approximate surface area is 118 Å². The number of carboxylic acid groups (broad SMARTS) is 2. The Hall–Kier alpha value is -0.930. The predicted molar refractivity (Wildman–Crippen MR) is 55.9 cm³/mol. The van der Waals surface area contributed by atoms with Crippen LogP contribution in [0.25, 0.3) is 0 Å². The van der Waals surface area contributed by atoms with Gasteiger partial charge in [0.15, 0.2) is 0 Å². The molecule has 0 aromatic heterocycles. The van der Waals surface area contributed by atoms with Gasteiger partial charge in [0, 0.05) is 29.6 Å². The van der Waals surface area contributed by atoms with E-state index in [1.54, 1.807) is 0 Å². The molecular formula is C8H6NaO7S. The second-order valence-corrected chi connectivity index (χ2v) is 4.25. The van der Waals surface area contributed by atoms with Crippen LogP contribution < -0.4 is 0 Å². The molecule has 7 nitrogen and oxygen atoms in total. The van der Waals surface area contributed by atoms with Gasteiger partial charge in [-0.3, -0.25) is 4.55 Å². The molecule has 0 saturated heterocycles. The Morgan fingerprint density at radius 2 is 1.29 bits per heavy atom. The summed E-state index contributed by atoms with van der Waals surface area (Å²) in [5.74, 6) is -2.99. The summed E-state index contributed by atoms with van der Waals surface area (Å²) in [7, 11) is -4.64. The van der Waals surface area contributed by atoms with Gasteiger partial charge in [0.2, 0.25) is 0 Å². The molecule has 0 amide bonds. The Kier molecular flexibility index (Phi) is 5.30. The Morgan fingerprint density at radius 3 is 1.53 bits per heavy atom. The first-order valence-electron chi connectivity index (χ1n) is 3.81. The summed E-state index contributed by atoms with van der Waals surface area (Å²) in [4.78, 5) is 20.4. The molecule has 0 heterocycles. The third-order valence-corrected chi connectivity index (χ3v) is 2.53. The third-order valence-electron chi connectivity index (χ3n) is 1.70. The summed E-state index contributed by atoms with van der Waals surface area (Å²) in [6.07, 6.45) is 0. The first-order chi connectivity index (χ1) is 7.21. The van der Waals surface area contributed by atoms with Crippen LogP contribution in [0.1, 0.15) is 20.7 Å². The van der Waals surface area contributed by atoms with Crippen molar-refractivity contribution in [1.82, 2.24) is 0 Å². The van der Waals surface area contributed by atoms with Gasteiger partial charge in [-0.1, -0.05) is 0 Å². The van der Waals surface area contributed by atoms with Crippen LogP contribution in [0.5, 0.6) is 0 Å². The summed E-state index contributed by atoms with van der Waals surface area (Å²) in [6.45, 7) is 0. The van der Waals surface area contributed by atoms with Gasteiger partial charge in [-0.2, -0.15) is 8.42 Å². The van der Waals surface area contributed by atoms with E-state index in [4.69, 9.17) is 14.8 Å². The topological polar surface area (TPSA) is 129 Å². The Morgan fingerprint density at radius 1 is 0.941 bits per heavy atom. The monoisotopic (exact) mass is 269 g/mol. The molecule has 87 valence electrons. The molecule has 1 aromatic rings. The van der Waals surface area contributed by atoms with Crippen LogP contribution in [0.3, 0.4) is 0 Å². The largest absolute Gasteiger partial charge is 0.478 e. The van der Waals surface area contributed by atoms with E-state index in [1.165, 1.54) is 0 Å². The minimum Gasteiger partial charge on any atom is -0.478 e. The van der Waals surface area contributed by atoms with Gasteiger partial charge in [0.05, 0.1) is 16.0 Å². The summed E-state index contributed by atoms with van der Waals surface area (Å²) in [6, 6.07) is 2.13. The number of carboxylic acids is 2. The average Bonchev–Trinajstić information content (AvgIpc) is 2.15. The first kappa shape index (κ1) is 16.1. The summed E-state index contributed by atoms with van der Waals surface area (Å²) >= 11 is 0. The number of hydrogen-bond donors (Lipinski definition) is 3. The Bertz CT molecular complexity index is 531. The number of hydrogen-bond acceptors (Lipinski definition) is 4. The number of rotatable bonds is 3. The van der Waals surface area contributed by atoms with Crippen molar-refractivity contribution in [2.75, 3.05) is 0 Å². The van der Waals surface area contributed by atoms with Crippen LogP contribution in [0.2, 0.25) is 0 Å². The zero-order chi connectivity index (χ0) is 12.5. The predicted octanol–water partition coefficient (Wildman–Crippen LogP) is -0.0511. The maximum Gasteiger partial charge on any atom is 0.335 e. The van der Waals surface area contributed by atoms with E-state index >= 15 is 0 Å². The maximum atomic E-state index is 10.8. The van der Waals surface area contributed by atoms with Crippen molar-refractivity contribution in [3.8, 4) is 0 Å². The van der Waals surface area contributed by atoms with Gasteiger partial charge in [-0.05, 0) is 18.2 Å². The van der Waals surface area contributed by atoms with Gasteiger partial charge < -0.3 is 10.2 Å². The molecule has 0 aliphatic carbocycles. The van der Waals surface area contributed by atoms with Crippen molar-refractivity contribution in [1.29, 1.82) is 0 Å². The van der Waals surface area contributed by atoms with E-state index in [0.29, 0.717) is 12.1 Å². The molecule has 0 fully saturated rings. The molecule has 1 radical (unpaired) electrons. The van der Waals surface area contributed by atoms with Crippen LogP contribution in [0.15, 0.2) is 23.1 Å². The van der Waals surface area contributed by atoms with E-state index in [9.17, 15) is 18.0 Å². The quantitative estimate of drug-likeness (QED) is 0.518. The van der Waals surface area contributed by atoms with Gasteiger partial charge in [-0.15, -0.1) is 0 Å². The molecule has 0 aliphatic rings.